The third-order valence-electron chi connectivity index (χ3n) is 7.42. The summed E-state index contributed by atoms with van der Waals surface area (Å²) in [6.45, 7) is 28.4. The first-order chi connectivity index (χ1) is 15.9. The number of rotatable bonds is 8. The summed E-state index contributed by atoms with van der Waals surface area (Å²) in [6.07, 6.45) is 3.12. The molecule has 0 unspecified atom stereocenters. The number of quaternary nitrogens is 2. The molecule has 0 fully saturated rings. The first-order valence-corrected chi connectivity index (χ1v) is 15.2. The summed E-state index contributed by atoms with van der Waals surface area (Å²) in [4.78, 5) is 5.52. The number of hydrogen-bond acceptors (Lipinski definition) is 6. The van der Waals surface area contributed by atoms with Crippen molar-refractivity contribution >= 4 is 84.7 Å². The van der Waals surface area contributed by atoms with Crippen LogP contribution in [0.3, 0.4) is 0 Å². The van der Waals surface area contributed by atoms with Crippen molar-refractivity contribution in [3.8, 4) is 0 Å². The van der Waals surface area contributed by atoms with E-state index in [-0.39, 0.29) is 19.5 Å². The minimum atomic E-state index is 0. The van der Waals surface area contributed by atoms with E-state index in [2.05, 4.69) is 55.4 Å². The van der Waals surface area contributed by atoms with Crippen LogP contribution in [0.25, 0.3) is 0 Å². The van der Waals surface area contributed by atoms with Crippen LogP contribution in [-0.2, 0) is 70.0 Å². The monoisotopic (exact) mass is 644 g/mol. The van der Waals surface area contributed by atoms with Gasteiger partial charge in [-0.1, -0.05) is 24.4 Å². The van der Waals surface area contributed by atoms with Gasteiger partial charge >= 0.3 is 19.5 Å². The third kappa shape index (κ3) is 15.9. The Bertz CT molecular complexity index is 558. The van der Waals surface area contributed by atoms with Gasteiger partial charge in [-0.05, 0) is 90.8 Å². The average molecular weight is 646 g/mol. The SMILES string of the molecule is CC[N+](CC)(CC)CC.CC[N+](CC)(CC)CC.S=C1CC([S-])=C([S-])C1.S=C1CC([S-])=C([S-])C1.[Zn+2]. The summed E-state index contributed by atoms with van der Waals surface area (Å²) in [5.74, 6) is 0. The number of nitrogens with zero attached hydrogens (tertiary/aromatic N) is 2. The Labute approximate surface area is 264 Å². The number of allylic oxidation sites excluding steroid dienone is 4. The van der Waals surface area contributed by atoms with Gasteiger partial charge in [0.05, 0.1) is 52.4 Å². The van der Waals surface area contributed by atoms with Crippen LogP contribution < -0.4 is 0 Å². The zero-order valence-electron chi connectivity index (χ0n) is 23.5. The van der Waals surface area contributed by atoms with Gasteiger partial charge in [0, 0.05) is 0 Å². The maximum atomic E-state index is 4.90. The van der Waals surface area contributed by atoms with Crippen LogP contribution in [0.15, 0.2) is 19.6 Å². The van der Waals surface area contributed by atoms with Gasteiger partial charge in [0.15, 0.2) is 0 Å². The molecule has 0 radical (unpaired) electrons. The Morgan fingerprint density at radius 2 is 0.600 bits per heavy atom. The molecule has 0 saturated carbocycles. The van der Waals surface area contributed by atoms with Crippen LogP contribution in [0.5, 0.6) is 0 Å². The van der Waals surface area contributed by atoms with E-state index in [9.17, 15) is 0 Å². The van der Waals surface area contributed by atoms with Crippen molar-refractivity contribution in [3.05, 3.63) is 19.6 Å². The maximum absolute atomic E-state index is 4.90. The van der Waals surface area contributed by atoms with Crippen molar-refractivity contribution in [3.63, 3.8) is 0 Å². The second kappa shape index (κ2) is 22.0. The largest absolute Gasteiger partial charge is 2.00 e. The molecule has 0 saturated heterocycles. The fourth-order valence-electron chi connectivity index (χ4n) is 3.92. The Morgan fingerprint density at radius 3 is 0.629 bits per heavy atom. The quantitative estimate of drug-likeness (QED) is 0.124. The van der Waals surface area contributed by atoms with Gasteiger partial charge in [-0.25, -0.2) is 19.6 Å². The smallest absolute Gasteiger partial charge is 0.785 e. The van der Waals surface area contributed by atoms with Crippen LogP contribution in [0.1, 0.15) is 81.1 Å². The molecule has 35 heavy (non-hydrogen) atoms. The molecule has 0 atom stereocenters. The third-order valence-corrected chi connectivity index (χ3v) is 9.82. The maximum Gasteiger partial charge on any atom is 2.00 e. The van der Waals surface area contributed by atoms with Gasteiger partial charge in [0.25, 0.3) is 0 Å². The normalized spacial score (nSPS) is 15.4. The Balaban J connectivity index is -0.000000387. The van der Waals surface area contributed by atoms with E-state index in [0.717, 1.165) is 55.0 Å². The summed E-state index contributed by atoms with van der Waals surface area (Å²) >= 11 is 29.4. The van der Waals surface area contributed by atoms with Gasteiger partial charge in [0.2, 0.25) is 0 Å². The van der Waals surface area contributed by atoms with Crippen LogP contribution in [0.2, 0.25) is 0 Å². The van der Waals surface area contributed by atoms with Crippen LogP contribution in [0.4, 0.5) is 0 Å². The molecule has 9 heteroatoms. The van der Waals surface area contributed by atoms with Crippen molar-refractivity contribution in [1.29, 1.82) is 0 Å². The van der Waals surface area contributed by atoms with Crippen molar-refractivity contribution in [1.82, 2.24) is 0 Å². The molecule has 0 aliphatic heterocycles. The Hall–Kier alpha value is 1.08. The molecule has 0 aromatic carbocycles. The van der Waals surface area contributed by atoms with E-state index >= 15 is 0 Å². The van der Waals surface area contributed by atoms with E-state index in [1.165, 1.54) is 61.3 Å². The van der Waals surface area contributed by atoms with Gasteiger partial charge in [-0.3, -0.25) is 0 Å². The average Bonchev–Trinajstić information content (AvgIpc) is 3.29. The molecule has 2 rings (SSSR count). The molecule has 0 heterocycles. The Morgan fingerprint density at radius 1 is 0.457 bits per heavy atom. The van der Waals surface area contributed by atoms with Crippen LogP contribution in [-0.4, -0.2) is 71.1 Å². The van der Waals surface area contributed by atoms with Gasteiger partial charge in [0.1, 0.15) is 0 Å². The van der Waals surface area contributed by atoms with Gasteiger partial charge < -0.3 is 59.5 Å². The van der Waals surface area contributed by atoms with E-state index in [1.54, 1.807) is 0 Å². The molecule has 2 aliphatic carbocycles. The molecule has 200 valence electrons. The van der Waals surface area contributed by atoms with Gasteiger partial charge in [-0.15, -0.1) is 0 Å². The van der Waals surface area contributed by atoms with Crippen molar-refractivity contribution in [2.24, 2.45) is 0 Å². The fourth-order valence-corrected chi connectivity index (χ4v) is 5.85. The number of hydrogen-bond donors (Lipinski definition) is 0. The summed E-state index contributed by atoms with van der Waals surface area (Å²) in [6, 6.07) is 0. The minimum absolute atomic E-state index is 0. The van der Waals surface area contributed by atoms with Crippen molar-refractivity contribution in [2.75, 3.05) is 52.4 Å². The molecule has 0 N–H and O–H groups in total. The summed E-state index contributed by atoms with van der Waals surface area (Å²) in [7, 11) is 0. The van der Waals surface area contributed by atoms with Crippen LogP contribution in [0, 0.1) is 0 Å². The van der Waals surface area contributed by atoms with Crippen molar-refractivity contribution in [2.45, 2.75) is 81.1 Å². The van der Waals surface area contributed by atoms with Gasteiger partial charge in [-0.2, -0.15) is 0 Å². The summed E-state index contributed by atoms with van der Waals surface area (Å²) < 4.78 is 2.56. The topological polar surface area (TPSA) is 0 Å². The van der Waals surface area contributed by atoms with E-state index < -0.39 is 0 Å². The first kappa shape index (κ1) is 40.6. The molecule has 2 nitrogen and oxygen atoms in total. The molecule has 0 spiro atoms. The molecular formula is C26H48N2S6Zn. The predicted molar refractivity (Wildman–Crippen MR) is 172 cm³/mol. The fraction of sp³-hybridized carbons (Fsp3) is 0.769. The molecule has 2 aliphatic rings. The molecule has 0 aromatic rings. The molecular weight excluding hydrogens is 598 g/mol. The summed E-state index contributed by atoms with van der Waals surface area (Å²) in [5, 5.41) is 0. The minimum Gasteiger partial charge on any atom is -0.785 e. The predicted octanol–water partition coefficient (Wildman–Crippen LogP) is 6.67. The zero-order chi connectivity index (χ0) is 26.9. The van der Waals surface area contributed by atoms with E-state index in [1.807, 2.05) is 0 Å². The second-order valence-corrected chi connectivity index (χ2v) is 11.8. The van der Waals surface area contributed by atoms with E-state index in [4.69, 9.17) is 75.0 Å². The van der Waals surface area contributed by atoms with Crippen molar-refractivity contribution < 1.29 is 28.4 Å². The standard InChI is InChI=1S/2C8H20N.2C5H6S3.Zn/c2*1-5-9(6-2,7-3)8-4;2*6-3-1-4(7)5(8)2-3;/h2*5-8H2,1-4H3;2*7-8H,1-2H2;/q2*+1;;;+2/p-4. The first-order valence-electron chi connectivity index (χ1n) is 12.7. The number of thiocarbonyl (C=S) groups is 2. The molecule has 0 bridgehead atoms. The second-order valence-electron chi connectivity index (χ2n) is 8.69. The van der Waals surface area contributed by atoms with Crippen LogP contribution >= 0.6 is 24.4 Å². The van der Waals surface area contributed by atoms with E-state index in [0.29, 0.717) is 0 Å². The molecule has 0 amide bonds. The Kier molecular flexibility index (Phi) is 25.5. The molecule has 0 aromatic heterocycles. The summed E-state index contributed by atoms with van der Waals surface area (Å²) in [5.41, 5.74) is 0. The zero-order valence-corrected chi connectivity index (χ0v) is 31.4.